The first-order valence-electron chi connectivity index (χ1n) is 9.76. The van der Waals surface area contributed by atoms with Gasteiger partial charge < -0.3 is 9.61 Å². The Bertz CT molecular complexity index is 796. The van der Waals surface area contributed by atoms with Gasteiger partial charge in [-0.2, -0.15) is 0 Å². The van der Waals surface area contributed by atoms with E-state index in [1.807, 2.05) is 18.2 Å². The zero-order valence-corrected chi connectivity index (χ0v) is 17.2. The van der Waals surface area contributed by atoms with E-state index in [1.54, 1.807) is 30.3 Å². The molecule has 1 aliphatic rings. The zero-order valence-electron chi connectivity index (χ0n) is 16.3. The van der Waals surface area contributed by atoms with Gasteiger partial charge in [0.05, 0.1) is 17.1 Å². The molecule has 27 heavy (non-hydrogen) atoms. The molecule has 0 aromatic heterocycles. The monoisotopic (exact) mass is 389 g/mol. The predicted molar refractivity (Wildman–Crippen MR) is 110 cm³/mol. The first-order valence-corrected chi connectivity index (χ1v) is 11.4. The largest absolute Gasteiger partial charge is 0.324 e. The van der Waals surface area contributed by atoms with Crippen LogP contribution in [0.2, 0.25) is 0 Å². The van der Waals surface area contributed by atoms with E-state index < -0.39 is 13.3 Å². The van der Waals surface area contributed by atoms with Gasteiger partial charge in [-0.15, -0.1) is 0 Å². The van der Waals surface area contributed by atoms with Gasteiger partial charge in [-0.3, -0.25) is 4.57 Å². The van der Waals surface area contributed by atoms with Crippen LogP contribution in [0.3, 0.4) is 0 Å². The summed E-state index contributed by atoms with van der Waals surface area (Å²) in [6, 6.07) is 15.4. The number of benzene rings is 2. The molecular weight excluding hydrogens is 360 g/mol. The van der Waals surface area contributed by atoms with E-state index in [-0.39, 0.29) is 11.8 Å². The molecule has 0 unspecified atom stereocenters. The van der Waals surface area contributed by atoms with Crippen molar-refractivity contribution in [2.45, 2.75) is 46.1 Å². The Morgan fingerprint density at radius 2 is 1.74 bits per heavy atom. The maximum atomic E-state index is 14.2. The third-order valence-electron chi connectivity index (χ3n) is 5.48. The second kappa shape index (κ2) is 8.58. The second-order valence-electron chi connectivity index (χ2n) is 7.95. The van der Waals surface area contributed by atoms with Crippen molar-refractivity contribution < 1.29 is 13.5 Å². The first-order chi connectivity index (χ1) is 12.9. The number of para-hydroxylation sites is 1. The molecule has 0 radical (unpaired) electrons. The summed E-state index contributed by atoms with van der Waals surface area (Å²) in [5, 5.41) is 3.48. The first kappa shape index (κ1) is 20.1. The van der Waals surface area contributed by atoms with Gasteiger partial charge in [0.25, 0.3) is 0 Å². The molecule has 0 spiro atoms. The van der Waals surface area contributed by atoms with Crippen LogP contribution in [-0.4, -0.2) is 6.10 Å². The number of halogens is 1. The molecule has 0 aliphatic heterocycles. The highest BCUT2D eigenvalue weighted by molar-refractivity contribution is 7.68. The molecule has 1 saturated carbocycles. The van der Waals surface area contributed by atoms with Gasteiger partial charge in [-0.1, -0.05) is 57.5 Å². The van der Waals surface area contributed by atoms with E-state index in [4.69, 9.17) is 4.52 Å². The molecule has 2 aromatic rings. The van der Waals surface area contributed by atoms with Gasteiger partial charge in [-0.25, -0.2) is 4.39 Å². The summed E-state index contributed by atoms with van der Waals surface area (Å²) in [6.45, 7) is 6.59. The summed E-state index contributed by atoms with van der Waals surface area (Å²) in [7, 11) is -3.48. The highest BCUT2D eigenvalue weighted by Crippen LogP contribution is 2.51. The van der Waals surface area contributed by atoms with Crippen LogP contribution in [0.5, 0.6) is 0 Å². The van der Waals surface area contributed by atoms with Crippen LogP contribution in [0.1, 0.15) is 40.0 Å². The Labute approximate surface area is 161 Å². The minimum Gasteiger partial charge on any atom is -0.309 e. The summed E-state index contributed by atoms with van der Waals surface area (Å²) < 4.78 is 34.6. The van der Waals surface area contributed by atoms with Crippen LogP contribution in [0.4, 0.5) is 10.1 Å². The fraction of sp³-hybridized carbons (Fsp3) is 0.455. The van der Waals surface area contributed by atoms with Crippen molar-refractivity contribution in [1.82, 2.24) is 0 Å². The average molecular weight is 389 g/mol. The van der Waals surface area contributed by atoms with E-state index >= 15 is 0 Å². The van der Waals surface area contributed by atoms with Crippen LogP contribution in [0.25, 0.3) is 0 Å². The summed E-state index contributed by atoms with van der Waals surface area (Å²) >= 11 is 0. The molecule has 0 bridgehead atoms. The number of hydrogen-bond donors (Lipinski definition) is 1. The zero-order chi connectivity index (χ0) is 19.4. The molecule has 3 nitrogen and oxygen atoms in total. The van der Waals surface area contributed by atoms with Crippen molar-refractivity contribution in [2.75, 3.05) is 5.09 Å². The number of hydrogen-bond acceptors (Lipinski definition) is 2. The maximum absolute atomic E-state index is 14.2. The fourth-order valence-corrected chi connectivity index (χ4v) is 5.90. The second-order valence-corrected chi connectivity index (χ2v) is 10.0. The average Bonchev–Trinajstić information content (AvgIpc) is 2.64. The lowest BCUT2D eigenvalue weighted by Crippen LogP contribution is -2.35. The molecule has 0 heterocycles. The van der Waals surface area contributed by atoms with Crippen LogP contribution >= 0.6 is 7.52 Å². The Hall–Kier alpha value is -1.64. The van der Waals surface area contributed by atoms with E-state index in [0.717, 1.165) is 12.8 Å². The SMILES string of the molecule is CC(C)[C@H]1CC[C@@H](C)C[C@H]1O[P@](=O)(Nc1ccccc1F)c1ccccc1. The summed E-state index contributed by atoms with van der Waals surface area (Å²) in [5.41, 5.74) is 0.203. The Kier molecular flexibility index (Phi) is 6.39. The molecule has 1 fully saturated rings. The van der Waals surface area contributed by atoms with Crippen LogP contribution in [0.15, 0.2) is 54.6 Å². The molecule has 1 N–H and O–H groups in total. The predicted octanol–water partition coefficient (Wildman–Crippen LogP) is 6.23. The molecule has 2 aromatic carbocycles. The van der Waals surface area contributed by atoms with Crippen molar-refractivity contribution in [1.29, 1.82) is 0 Å². The van der Waals surface area contributed by atoms with Crippen LogP contribution in [-0.2, 0) is 9.09 Å². The topological polar surface area (TPSA) is 38.3 Å². The molecular formula is C22H29FNO2P. The molecule has 1 aliphatic carbocycles. The molecule has 4 atom stereocenters. The molecule has 3 rings (SSSR count). The summed E-state index contributed by atoms with van der Waals surface area (Å²) in [5.74, 6) is 0.887. The van der Waals surface area contributed by atoms with Crippen molar-refractivity contribution in [3.05, 3.63) is 60.4 Å². The van der Waals surface area contributed by atoms with Crippen molar-refractivity contribution in [2.24, 2.45) is 17.8 Å². The minimum atomic E-state index is -3.48. The minimum absolute atomic E-state index is 0.112. The van der Waals surface area contributed by atoms with E-state index in [1.165, 1.54) is 12.5 Å². The molecule has 5 heteroatoms. The molecule has 0 amide bonds. The lowest BCUT2D eigenvalue weighted by atomic mass is 9.75. The number of anilines is 1. The lowest BCUT2D eigenvalue weighted by Gasteiger charge is -2.39. The lowest BCUT2D eigenvalue weighted by molar-refractivity contribution is 0.0505. The van der Waals surface area contributed by atoms with E-state index in [0.29, 0.717) is 23.1 Å². The molecule has 146 valence electrons. The van der Waals surface area contributed by atoms with Gasteiger partial charge in [-0.05, 0) is 54.9 Å². The van der Waals surface area contributed by atoms with Gasteiger partial charge in [0.1, 0.15) is 5.82 Å². The Morgan fingerprint density at radius 1 is 1.07 bits per heavy atom. The quantitative estimate of drug-likeness (QED) is 0.595. The number of nitrogens with one attached hydrogen (secondary N) is 1. The third kappa shape index (κ3) is 4.80. The van der Waals surface area contributed by atoms with Crippen molar-refractivity contribution in [3.63, 3.8) is 0 Å². The van der Waals surface area contributed by atoms with Crippen LogP contribution in [0, 0.1) is 23.6 Å². The third-order valence-corrected chi connectivity index (χ3v) is 7.56. The summed E-state index contributed by atoms with van der Waals surface area (Å²) in [4.78, 5) is 0. The Morgan fingerprint density at radius 3 is 2.41 bits per heavy atom. The summed E-state index contributed by atoms with van der Waals surface area (Å²) in [6.07, 6.45) is 2.99. The Balaban J connectivity index is 1.95. The van der Waals surface area contributed by atoms with Gasteiger partial charge >= 0.3 is 7.52 Å². The standard InChI is InChI=1S/C22H29FNO2P/c1-16(2)19-14-13-17(3)15-22(19)26-27(25,18-9-5-4-6-10-18)24-21-12-8-7-11-20(21)23/h4-12,16-17,19,22H,13-15H2,1-3H3,(H,24,25)/t17-,19-,22-,27+/m1/s1. The van der Waals surface area contributed by atoms with Crippen LogP contribution < -0.4 is 10.4 Å². The number of rotatable bonds is 6. The van der Waals surface area contributed by atoms with Gasteiger partial charge in [0.2, 0.25) is 0 Å². The van der Waals surface area contributed by atoms with E-state index in [2.05, 4.69) is 25.9 Å². The van der Waals surface area contributed by atoms with Gasteiger partial charge in [0.15, 0.2) is 0 Å². The van der Waals surface area contributed by atoms with E-state index in [9.17, 15) is 8.96 Å². The molecule has 0 saturated heterocycles. The smallest absolute Gasteiger partial charge is 0.309 e. The highest BCUT2D eigenvalue weighted by Gasteiger charge is 2.38. The van der Waals surface area contributed by atoms with Crippen molar-refractivity contribution in [3.8, 4) is 0 Å². The van der Waals surface area contributed by atoms with Crippen molar-refractivity contribution >= 4 is 18.5 Å². The highest BCUT2D eigenvalue weighted by atomic mass is 31.2. The van der Waals surface area contributed by atoms with Gasteiger partial charge in [0, 0.05) is 0 Å². The maximum Gasteiger partial charge on any atom is 0.324 e. The fourth-order valence-electron chi connectivity index (χ4n) is 3.91. The normalized spacial score (nSPS) is 25.1.